The highest BCUT2D eigenvalue weighted by Gasteiger charge is 2.49. The van der Waals surface area contributed by atoms with Gasteiger partial charge in [-0.25, -0.2) is 4.79 Å². The van der Waals surface area contributed by atoms with Crippen molar-refractivity contribution in [3.05, 3.63) is 54.0 Å². The van der Waals surface area contributed by atoms with Crippen LogP contribution in [0.5, 0.6) is 0 Å². The van der Waals surface area contributed by atoms with Gasteiger partial charge < -0.3 is 23.9 Å². The SMILES string of the molecule is O=C(Nc1cccc(C(F)(F)F)c1)O[C@@H]1CO[C@H]2[C@@H]1OC[C@@H]2NCc1ccco1. The van der Waals surface area contributed by atoms with Gasteiger partial charge in [-0.3, -0.25) is 5.32 Å². The molecule has 4 atom stereocenters. The van der Waals surface area contributed by atoms with Crippen molar-refractivity contribution in [3.63, 3.8) is 0 Å². The third kappa shape index (κ3) is 4.55. The van der Waals surface area contributed by atoms with E-state index >= 15 is 0 Å². The maximum absolute atomic E-state index is 12.8. The van der Waals surface area contributed by atoms with Crippen LogP contribution in [0.1, 0.15) is 11.3 Å². The summed E-state index contributed by atoms with van der Waals surface area (Å²) in [5.41, 5.74) is -0.866. The molecule has 156 valence electrons. The van der Waals surface area contributed by atoms with Gasteiger partial charge in [-0.1, -0.05) is 6.07 Å². The van der Waals surface area contributed by atoms with Crippen molar-refractivity contribution in [1.82, 2.24) is 5.32 Å². The second-order valence-corrected chi connectivity index (χ2v) is 6.81. The molecule has 2 saturated heterocycles. The lowest BCUT2D eigenvalue weighted by Crippen LogP contribution is -2.41. The van der Waals surface area contributed by atoms with Crippen LogP contribution in [0.3, 0.4) is 0 Å². The number of fused-ring (bicyclic) bond motifs is 1. The number of furan rings is 1. The molecular formula is C19H19F3N2O5. The minimum absolute atomic E-state index is 0.00868. The zero-order valence-corrected chi connectivity index (χ0v) is 15.1. The Hall–Kier alpha value is -2.56. The lowest BCUT2D eigenvalue weighted by molar-refractivity contribution is -0.137. The van der Waals surface area contributed by atoms with Gasteiger partial charge >= 0.3 is 12.3 Å². The molecule has 7 nitrogen and oxygen atoms in total. The average molecular weight is 412 g/mol. The van der Waals surface area contributed by atoms with E-state index < -0.39 is 30.0 Å². The molecule has 2 N–H and O–H groups in total. The van der Waals surface area contributed by atoms with E-state index in [1.807, 2.05) is 6.07 Å². The predicted molar refractivity (Wildman–Crippen MR) is 94.2 cm³/mol. The Labute approximate surface area is 164 Å². The Morgan fingerprint density at radius 1 is 1.14 bits per heavy atom. The first-order valence-electron chi connectivity index (χ1n) is 9.04. The van der Waals surface area contributed by atoms with Crippen LogP contribution in [0, 0.1) is 0 Å². The number of hydrogen-bond donors (Lipinski definition) is 2. The largest absolute Gasteiger partial charge is 0.468 e. The van der Waals surface area contributed by atoms with Crippen LogP contribution >= 0.6 is 0 Å². The third-order valence-electron chi connectivity index (χ3n) is 4.82. The van der Waals surface area contributed by atoms with Crippen LogP contribution < -0.4 is 10.6 Å². The molecular weight excluding hydrogens is 393 g/mol. The minimum atomic E-state index is -4.50. The van der Waals surface area contributed by atoms with Crippen molar-refractivity contribution in [1.29, 1.82) is 0 Å². The second-order valence-electron chi connectivity index (χ2n) is 6.81. The van der Waals surface area contributed by atoms with Crippen molar-refractivity contribution < 1.29 is 36.6 Å². The molecule has 0 saturated carbocycles. The maximum atomic E-state index is 12.8. The molecule has 2 fully saturated rings. The first kappa shape index (κ1) is 19.7. The fourth-order valence-electron chi connectivity index (χ4n) is 3.44. The van der Waals surface area contributed by atoms with Crippen LogP contribution in [-0.2, 0) is 26.9 Å². The normalized spacial score (nSPS) is 26.3. The van der Waals surface area contributed by atoms with Gasteiger partial charge in [-0.15, -0.1) is 0 Å². The Bertz CT molecular complexity index is 843. The Morgan fingerprint density at radius 2 is 1.97 bits per heavy atom. The van der Waals surface area contributed by atoms with Gasteiger partial charge in [0.2, 0.25) is 0 Å². The fourth-order valence-corrected chi connectivity index (χ4v) is 3.44. The molecule has 0 bridgehead atoms. The molecule has 1 amide bonds. The molecule has 0 spiro atoms. The third-order valence-corrected chi connectivity index (χ3v) is 4.82. The summed E-state index contributed by atoms with van der Waals surface area (Å²) in [7, 11) is 0. The summed E-state index contributed by atoms with van der Waals surface area (Å²) in [6.45, 7) is 1.03. The van der Waals surface area contributed by atoms with Gasteiger partial charge in [0.25, 0.3) is 0 Å². The van der Waals surface area contributed by atoms with Crippen molar-refractivity contribution in [2.24, 2.45) is 0 Å². The number of ether oxygens (including phenoxy) is 3. The van der Waals surface area contributed by atoms with Gasteiger partial charge in [0, 0.05) is 5.69 Å². The van der Waals surface area contributed by atoms with Gasteiger partial charge in [0.05, 0.1) is 37.6 Å². The standard InChI is InChI=1S/C19H19F3N2O5/c20-19(21,22)11-3-1-4-12(7-11)24-18(25)29-15-10-28-16-14(9-27-17(15)16)23-8-13-5-2-6-26-13/h1-7,14-17,23H,8-10H2,(H,24,25)/t14-,15+,16+,17+/m0/s1. The van der Waals surface area contributed by atoms with Crippen molar-refractivity contribution in [2.75, 3.05) is 18.5 Å². The monoisotopic (exact) mass is 412 g/mol. The molecule has 1 aromatic carbocycles. The van der Waals surface area contributed by atoms with Crippen molar-refractivity contribution in [2.45, 2.75) is 37.1 Å². The molecule has 10 heteroatoms. The average Bonchev–Trinajstić information content (AvgIpc) is 3.39. The Balaban J connectivity index is 1.30. The number of nitrogens with one attached hydrogen (secondary N) is 2. The topological polar surface area (TPSA) is 82.0 Å². The summed E-state index contributed by atoms with van der Waals surface area (Å²) < 4.78 is 60.4. The summed E-state index contributed by atoms with van der Waals surface area (Å²) in [6, 6.07) is 7.88. The van der Waals surface area contributed by atoms with Crippen LogP contribution in [0.15, 0.2) is 47.1 Å². The van der Waals surface area contributed by atoms with E-state index in [0.717, 1.165) is 17.9 Å². The molecule has 2 aliphatic rings. The Morgan fingerprint density at radius 3 is 2.72 bits per heavy atom. The van der Waals surface area contributed by atoms with Gasteiger partial charge in [0.15, 0.2) is 6.10 Å². The number of anilines is 1. The molecule has 4 rings (SSSR count). The number of carbonyl (C=O) groups excluding carboxylic acids is 1. The number of hydrogen-bond acceptors (Lipinski definition) is 6. The zero-order valence-electron chi connectivity index (χ0n) is 15.1. The molecule has 1 aromatic heterocycles. The minimum Gasteiger partial charge on any atom is -0.468 e. The highest BCUT2D eigenvalue weighted by molar-refractivity contribution is 5.84. The van der Waals surface area contributed by atoms with E-state index in [9.17, 15) is 18.0 Å². The summed E-state index contributed by atoms with van der Waals surface area (Å²) >= 11 is 0. The quantitative estimate of drug-likeness (QED) is 0.785. The second kappa shape index (κ2) is 8.05. The number of alkyl halides is 3. The number of halogens is 3. The highest BCUT2D eigenvalue weighted by atomic mass is 19.4. The van der Waals surface area contributed by atoms with Gasteiger partial charge in [-0.05, 0) is 30.3 Å². The summed E-state index contributed by atoms with van der Waals surface area (Å²) in [5, 5.41) is 5.60. The zero-order chi connectivity index (χ0) is 20.4. The first-order chi connectivity index (χ1) is 13.9. The molecule has 0 aliphatic carbocycles. The summed E-state index contributed by atoms with van der Waals surface area (Å²) in [4.78, 5) is 12.1. The molecule has 0 radical (unpaired) electrons. The van der Waals surface area contributed by atoms with Crippen LogP contribution in [0.25, 0.3) is 0 Å². The van der Waals surface area contributed by atoms with E-state index in [2.05, 4.69) is 10.6 Å². The van der Waals surface area contributed by atoms with E-state index in [1.165, 1.54) is 12.1 Å². The van der Waals surface area contributed by atoms with Crippen molar-refractivity contribution >= 4 is 11.8 Å². The number of rotatable bonds is 5. The molecule has 29 heavy (non-hydrogen) atoms. The summed E-state index contributed by atoms with van der Waals surface area (Å²) in [5.74, 6) is 0.778. The van der Waals surface area contributed by atoms with E-state index in [1.54, 1.807) is 12.3 Å². The molecule has 2 aliphatic heterocycles. The van der Waals surface area contributed by atoms with E-state index in [0.29, 0.717) is 13.2 Å². The maximum Gasteiger partial charge on any atom is 0.416 e. The highest BCUT2D eigenvalue weighted by Crippen LogP contribution is 2.31. The van der Waals surface area contributed by atoms with Crippen LogP contribution in [0.2, 0.25) is 0 Å². The smallest absolute Gasteiger partial charge is 0.416 e. The van der Waals surface area contributed by atoms with Gasteiger partial charge in [-0.2, -0.15) is 13.2 Å². The lowest BCUT2D eigenvalue weighted by Gasteiger charge is -2.18. The molecule has 0 unspecified atom stereocenters. The van der Waals surface area contributed by atoms with E-state index in [4.69, 9.17) is 18.6 Å². The number of amides is 1. The lowest BCUT2D eigenvalue weighted by atomic mass is 10.1. The predicted octanol–water partition coefficient (Wildman–Crippen LogP) is 3.17. The summed E-state index contributed by atoms with van der Waals surface area (Å²) in [6.07, 6.45) is -5.17. The van der Waals surface area contributed by atoms with Crippen LogP contribution in [-0.4, -0.2) is 43.7 Å². The molecule has 2 aromatic rings. The van der Waals surface area contributed by atoms with E-state index in [-0.39, 0.29) is 24.4 Å². The van der Waals surface area contributed by atoms with Gasteiger partial charge in [0.1, 0.15) is 18.0 Å². The Kier molecular flexibility index (Phi) is 5.48. The molecule has 3 heterocycles. The fraction of sp³-hybridized carbons (Fsp3) is 0.421. The van der Waals surface area contributed by atoms with Crippen LogP contribution in [0.4, 0.5) is 23.7 Å². The number of benzene rings is 1. The first-order valence-corrected chi connectivity index (χ1v) is 9.04. The number of carbonyl (C=O) groups is 1. The van der Waals surface area contributed by atoms with Crippen molar-refractivity contribution in [3.8, 4) is 0 Å².